The summed E-state index contributed by atoms with van der Waals surface area (Å²) in [5.74, 6) is 1.02. The molecule has 3 nitrogen and oxygen atoms in total. The molecular weight excluding hydrogens is 166 g/mol. The number of rotatable bonds is 0. The summed E-state index contributed by atoms with van der Waals surface area (Å²) in [7, 11) is 0. The van der Waals surface area contributed by atoms with Crippen LogP contribution in [0.5, 0.6) is 0 Å². The van der Waals surface area contributed by atoms with E-state index in [2.05, 4.69) is 12.2 Å². The van der Waals surface area contributed by atoms with Gasteiger partial charge in [-0.1, -0.05) is 6.92 Å². The van der Waals surface area contributed by atoms with Crippen molar-refractivity contribution in [1.29, 1.82) is 0 Å². The van der Waals surface area contributed by atoms with Gasteiger partial charge in [0.2, 0.25) is 5.91 Å². The normalized spacial score (nSPS) is 39.6. The van der Waals surface area contributed by atoms with Crippen LogP contribution in [0, 0.1) is 11.8 Å². The molecule has 1 saturated heterocycles. The molecule has 0 radical (unpaired) electrons. The molecule has 1 heterocycles. The molecule has 72 valence electrons. The molecule has 13 heavy (non-hydrogen) atoms. The molecule has 3 atom stereocenters. The first-order chi connectivity index (χ1) is 6.16. The lowest BCUT2D eigenvalue weighted by Gasteiger charge is -2.37. The van der Waals surface area contributed by atoms with Crippen LogP contribution in [0.15, 0.2) is 0 Å². The third-order valence-corrected chi connectivity index (χ3v) is 3.13. The Balaban J connectivity index is 2.10. The highest BCUT2D eigenvalue weighted by Crippen LogP contribution is 2.31. The van der Waals surface area contributed by atoms with Crippen LogP contribution >= 0.6 is 0 Å². The number of carbonyl (C=O) groups excluding carboxylic acids is 2. The van der Waals surface area contributed by atoms with Gasteiger partial charge in [-0.25, -0.2) is 0 Å². The Morgan fingerprint density at radius 3 is 2.92 bits per heavy atom. The standard InChI is InChI=1S/C10H15NO2/c1-6-4-8-7(9(12)5-6)2-3-10(13)11-8/h6-8H,2-5H2,1H3,(H,11,13)/t6-,7-,8+/m0/s1. The molecule has 2 aliphatic rings. The fraction of sp³-hybridized carbons (Fsp3) is 0.800. The van der Waals surface area contributed by atoms with Crippen LogP contribution in [0.2, 0.25) is 0 Å². The molecule has 1 aliphatic carbocycles. The van der Waals surface area contributed by atoms with E-state index in [-0.39, 0.29) is 17.9 Å². The summed E-state index contributed by atoms with van der Waals surface area (Å²) in [6.07, 6.45) is 2.97. The van der Waals surface area contributed by atoms with Crippen molar-refractivity contribution in [1.82, 2.24) is 5.32 Å². The minimum Gasteiger partial charge on any atom is -0.353 e. The van der Waals surface area contributed by atoms with Crippen molar-refractivity contribution < 1.29 is 9.59 Å². The second kappa shape index (κ2) is 3.13. The van der Waals surface area contributed by atoms with E-state index in [1.54, 1.807) is 0 Å². The SMILES string of the molecule is C[C@@H]1CC(=O)[C@H]2CCC(=O)N[C@@H]2C1. The van der Waals surface area contributed by atoms with Gasteiger partial charge in [0, 0.05) is 24.8 Å². The van der Waals surface area contributed by atoms with Crippen LogP contribution in [0.25, 0.3) is 0 Å². The Morgan fingerprint density at radius 2 is 2.15 bits per heavy atom. The van der Waals surface area contributed by atoms with Gasteiger partial charge in [-0.3, -0.25) is 9.59 Å². The molecule has 3 heteroatoms. The largest absolute Gasteiger partial charge is 0.353 e. The van der Waals surface area contributed by atoms with Gasteiger partial charge < -0.3 is 5.32 Å². The van der Waals surface area contributed by atoms with E-state index in [1.807, 2.05) is 0 Å². The number of carbonyl (C=O) groups is 2. The number of Topliss-reactive ketones (excluding diaryl/α,β-unsaturated/α-hetero) is 1. The molecule has 0 aromatic heterocycles. The Labute approximate surface area is 77.9 Å². The Bertz CT molecular complexity index is 249. The van der Waals surface area contributed by atoms with Crippen LogP contribution in [0.3, 0.4) is 0 Å². The third kappa shape index (κ3) is 1.60. The summed E-state index contributed by atoms with van der Waals surface area (Å²) >= 11 is 0. The second-order valence-electron chi connectivity index (χ2n) is 4.33. The first kappa shape index (κ1) is 8.73. The molecule has 1 saturated carbocycles. The maximum absolute atomic E-state index is 11.6. The van der Waals surface area contributed by atoms with E-state index in [9.17, 15) is 9.59 Å². The lowest BCUT2D eigenvalue weighted by Crippen LogP contribution is -2.51. The quantitative estimate of drug-likeness (QED) is 0.603. The minimum absolute atomic E-state index is 0.114. The smallest absolute Gasteiger partial charge is 0.220 e. The van der Waals surface area contributed by atoms with Gasteiger partial charge in [-0.05, 0) is 18.8 Å². The summed E-state index contributed by atoms with van der Waals surface area (Å²) in [6, 6.07) is 0.137. The average Bonchev–Trinajstić information content (AvgIpc) is 2.02. The highest BCUT2D eigenvalue weighted by atomic mass is 16.2. The molecule has 0 spiro atoms. The van der Waals surface area contributed by atoms with E-state index < -0.39 is 0 Å². The Morgan fingerprint density at radius 1 is 1.38 bits per heavy atom. The van der Waals surface area contributed by atoms with Crippen LogP contribution in [-0.4, -0.2) is 17.7 Å². The van der Waals surface area contributed by atoms with Crippen molar-refractivity contribution in [2.45, 2.75) is 38.6 Å². The van der Waals surface area contributed by atoms with E-state index >= 15 is 0 Å². The monoisotopic (exact) mass is 181 g/mol. The number of piperidine rings is 1. The van der Waals surface area contributed by atoms with Crippen molar-refractivity contribution in [3.8, 4) is 0 Å². The van der Waals surface area contributed by atoms with Crippen LogP contribution < -0.4 is 5.32 Å². The summed E-state index contributed by atoms with van der Waals surface area (Å²) in [6.45, 7) is 2.08. The van der Waals surface area contributed by atoms with Gasteiger partial charge in [-0.2, -0.15) is 0 Å². The number of hydrogen-bond acceptors (Lipinski definition) is 2. The Hall–Kier alpha value is -0.860. The summed E-state index contributed by atoms with van der Waals surface area (Å²) in [4.78, 5) is 22.7. The van der Waals surface area contributed by atoms with Crippen LogP contribution in [0.4, 0.5) is 0 Å². The van der Waals surface area contributed by atoms with E-state index in [1.165, 1.54) is 0 Å². The van der Waals surface area contributed by atoms with Gasteiger partial charge in [0.15, 0.2) is 0 Å². The molecule has 2 fully saturated rings. The average molecular weight is 181 g/mol. The maximum Gasteiger partial charge on any atom is 0.220 e. The molecular formula is C10H15NO2. The molecule has 0 unspecified atom stereocenters. The van der Waals surface area contributed by atoms with E-state index in [4.69, 9.17) is 0 Å². The van der Waals surface area contributed by atoms with E-state index in [0.29, 0.717) is 24.5 Å². The summed E-state index contributed by atoms with van der Waals surface area (Å²) in [5.41, 5.74) is 0. The van der Waals surface area contributed by atoms with Crippen LogP contribution in [-0.2, 0) is 9.59 Å². The number of hydrogen-bond donors (Lipinski definition) is 1. The molecule has 1 aliphatic heterocycles. The van der Waals surface area contributed by atoms with Gasteiger partial charge in [0.05, 0.1) is 0 Å². The number of nitrogens with one attached hydrogen (secondary N) is 1. The maximum atomic E-state index is 11.6. The van der Waals surface area contributed by atoms with Gasteiger partial charge in [0.25, 0.3) is 0 Å². The number of ketones is 1. The third-order valence-electron chi connectivity index (χ3n) is 3.13. The number of amides is 1. The van der Waals surface area contributed by atoms with Crippen molar-refractivity contribution >= 4 is 11.7 Å². The van der Waals surface area contributed by atoms with Crippen molar-refractivity contribution in [2.24, 2.45) is 11.8 Å². The molecule has 0 aromatic carbocycles. The molecule has 2 rings (SSSR count). The molecule has 0 aromatic rings. The fourth-order valence-electron chi connectivity index (χ4n) is 2.49. The summed E-state index contributed by atoms with van der Waals surface area (Å²) < 4.78 is 0. The highest BCUT2D eigenvalue weighted by molar-refractivity contribution is 5.86. The fourth-order valence-corrected chi connectivity index (χ4v) is 2.49. The van der Waals surface area contributed by atoms with Crippen molar-refractivity contribution in [3.05, 3.63) is 0 Å². The molecule has 1 N–H and O–H groups in total. The molecule has 1 amide bonds. The topological polar surface area (TPSA) is 46.2 Å². The highest BCUT2D eigenvalue weighted by Gasteiger charge is 2.38. The Kier molecular flexibility index (Phi) is 2.10. The lowest BCUT2D eigenvalue weighted by atomic mass is 9.74. The van der Waals surface area contributed by atoms with Gasteiger partial charge >= 0.3 is 0 Å². The zero-order valence-electron chi connectivity index (χ0n) is 7.88. The first-order valence-electron chi connectivity index (χ1n) is 4.99. The molecule has 0 bridgehead atoms. The zero-order chi connectivity index (χ0) is 9.42. The summed E-state index contributed by atoms with van der Waals surface area (Å²) in [5, 5.41) is 2.92. The lowest BCUT2D eigenvalue weighted by molar-refractivity contribution is -0.132. The second-order valence-corrected chi connectivity index (χ2v) is 4.33. The van der Waals surface area contributed by atoms with E-state index in [0.717, 1.165) is 12.8 Å². The van der Waals surface area contributed by atoms with Crippen LogP contribution in [0.1, 0.15) is 32.6 Å². The predicted molar refractivity (Wildman–Crippen MR) is 48.1 cm³/mol. The zero-order valence-corrected chi connectivity index (χ0v) is 7.88. The first-order valence-corrected chi connectivity index (χ1v) is 4.99. The predicted octanol–water partition coefficient (Wildman–Crippen LogP) is 0.880. The number of fused-ring (bicyclic) bond motifs is 1. The van der Waals surface area contributed by atoms with Gasteiger partial charge in [-0.15, -0.1) is 0 Å². The van der Waals surface area contributed by atoms with Crippen molar-refractivity contribution in [2.75, 3.05) is 0 Å². The minimum atomic E-state index is 0.114. The van der Waals surface area contributed by atoms with Gasteiger partial charge in [0.1, 0.15) is 5.78 Å². The van der Waals surface area contributed by atoms with Crippen molar-refractivity contribution in [3.63, 3.8) is 0 Å².